The number of fused-ring (bicyclic) bond motifs is 2. The molecule has 4 atom stereocenters. The molecule has 0 aromatic rings. The van der Waals surface area contributed by atoms with Gasteiger partial charge in [-0.2, -0.15) is 0 Å². The highest BCUT2D eigenvalue weighted by atomic mass is 16.7. The molecule has 104 valence electrons. The van der Waals surface area contributed by atoms with Gasteiger partial charge in [0, 0.05) is 12.8 Å². The molecule has 2 saturated heterocycles. The van der Waals surface area contributed by atoms with Crippen LogP contribution in [0.4, 0.5) is 0 Å². The number of hydrogen-bond acceptors (Lipinski definition) is 5. The molecule has 0 N–H and O–H groups in total. The molecule has 2 bridgehead atoms. The predicted molar refractivity (Wildman–Crippen MR) is 67.2 cm³/mol. The summed E-state index contributed by atoms with van der Waals surface area (Å²) in [4.78, 5) is 24.5. The average Bonchev–Trinajstić information content (AvgIpc) is 2.41. The first-order valence-electron chi connectivity index (χ1n) is 6.18. The molecule has 5 nitrogen and oxygen atoms in total. The fourth-order valence-electron chi connectivity index (χ4n) is 2.84. The maximum Gasteiger partial charge on any atom is 0.346 e. The third kappa shape index (κ3) is 1.84. The summed E-state index contributed by atoms with van der Waals surface area (Å²) >= 11 is 0. The maximum absolute atomic E-state index is 12.3. The molecule has 0 aromatic heterocycles. The van der Waals surface area contributed by atoms with Crippen LogP contribution in [0.15, 0.2) is 25.3 Å². The van der Waals surface area contributed by atoms with Crippen LogP contribution in [0.1, 0.15) is 19.8 Å². The van der Waals surface area contributed by atoms with E-state index in [2.05, 4.69) is 13.2 Å². The van der Waals surface area contributed by atoms with Crippen LogP contribution in [-0.4, -0.2) is 36.4 Å². The van der Waals surface area contributed by atoms with Crippen molar-refractivity contribution in [3.63, 3.8) is 0 Å². The fraction of sp³-hybridized carbons (Fsp3) is 0.571. The first-order chi connectivity index (χ1) is 8.93. The van der Waals surface area contributed by atoms with Crippen molar-refractivity contribution in [2.24, 2.45) is 5.92 Å². The van der Waals surface area contributed by atoms with E-state index in [1.54, 1.807) is 13.0 Å². The van der Waals surface area contributed by atoms with Gasteiger partial charge < -0.3 is 14.2 Å². The molecule has 0 saturated carbocycles. The molecule has 2 aliphatic heterocycles. The Morgan fingerprint density at radius 3 is 2.68 bits per heavy atom. The zero-order valence-corrected chi connectivity index (χ0v) is 11.2. The van der Waals surface area contributed by atoms with Crippen LogP contribution < -0.4 is 0 Å². The van der Waals surface area contributed by atoms with Gasteiger partial charge in [0.2, 0.25) is 5.60 Å². The predicted octanol–water partition coefficient (Wildman–Crippen LogP) is 1.38. The number of methoxy groups -OCH3 is 1. The SMILES string of the molecule is C=C[C@@H]1O[C@@]2(C)CCC(=O)[C@](C(=O)OC)(O2)[C@H]1C=C. The molecule has 2 aliphatic rings. The zero-order chi connectivity index (χ0) is 14.3. The number of esters is 1. The summed E-state index contributed by atoms with van der Waals surface area (Å²) in [5.74, 6) is -2.63. The van der Waals surface area contributed by atoms with Crippen molar-refractivity contribution >= 4 is 11.8 Å². The molecule has 19 heavy (non-hydrogen) atoms. The number of ether oxygens (including phenoxy) is 3. The Bertz CT molecular complexity index is 433. The molecular formula is C14H18O5. The van der Waals surface area contributed by atoms with Crippen molar-refractivity contribution < 1.29 is 23.8 Å². The number of rotatable bonds is 3. The van der Waals surface area contributed by atoms with Crippen LogP contribution in [0.5, 0.6) is 0 Å². The number of carbonyl (C=O) groups excluding carboxylic acids is 2. The average molecular weight is 266 g/mol. The Hall–Kier alpha value is -1.46. The summed E-state index contributed by atoms with van der Waals surface area (Å²) in [6, 6.07) is 0. The van der Waals surface area contributed by atoms with Crippen molar-refractivity contribution in [3.8, 4) is 0 Å². The Kier molecular flexibility index (Phi) is 3.36. The molecular weight excluding hydrogens is 248 g/mol. The molecule has 2 rings (SSSR count). The van der Waals surface area contributed by atoms with Gasteiger partial charge in [0.1, 0.15) is 0 Å². The molecule has 5 heteroatoms. The second-order valence-electron chi connectivity index (χ2n) is 4.97. The Morgan fingerprint density at radius 1 is 1.47 bits per heavy atom. The lowest BCUT2D eigenvalue weighted by atomic mass is 9.74. The van der Waals surface area contributed by atoms with Crippen molar-refractivity contribution in [1.82, 2.24) is 0 Å². The molecule has 0 radical (unpaired) electrons. The maximum atomic E-state index is 12.3. The van der Waals surface area contributed by atoms with Crippen molar-refractivity contribution in [1.29, 1.82) is 0 Å². The summed E-state index contributed by atoms with van der Waals surface area (Å²) in [5, 5.41) is 0. The van der Waals surface area contributed by atoms with E-state index in [-0.39, 0.29) is 12.2 Å². The lowest BCUT2D eigenvalue weighted by Gasteiger charge is -2.53. The Morgan fingerprint density at radius 2 is 2.16 bits per heavy atom. The summed E-state index contributed by atoms with van der Waals surface area (Å²) in [6.07, 6.45) is 3.15. The van der Waals surface area contributed by atoms with E-state index in [4.69, 9.17) is 14.2 Å². The summed E-state index contributed by atoms with van der Waals surface area (Å²) < 4.78 is 16.3. The molecule has 0 unspecified atom stereocenters. The lowest BCUT2D eigenvalue weighted by molar-refractivity contribution is -0.345. The molecule has 0 aromatic carbocycles. The largest absolute Gasteiger partial charge is 0.467 e. The van der Waals surface area contributed by atoms with E-state index in [1.807, 2.05) is 0 Å². The van der Waals surface area contributed by atoms with Gasteiger partial charge >= 0.3 is 5.97 Å². The van der Waals surface area contributed by atoms with Crippen molar-refractivity contribution in [2.45, 2.75) is 37.3 Å². The van der Waals surface area contributed by atoms with Crippen molar-refractivity contribution in [2.75, 3.05) is 7.11 Å². The summed E-state index contributed by atoms with van der Waals surface area (Å²) in [7, 11) is 1.23. The minimum absolute atomic E-state index is 0.208. The van der Waals surface area contributed by atoms with Crippen molar-refractivity contribution in [3.05, 3.63) is 25.3 Å². The third-order valence-electron chi connectivity index (χ3n) is 3.78. The highest BCUT2D eigenvalue weighted by molar-refractivity contribution is 6.08. The van der Waals surface area contributed by atoms with Crippen LogP contribution in [0.2, 0.25) is 0 Å². The summed E-state index contributed by atoms with van der Waals surface area (Å²) in [5.41, 5.74) is -1.67. The number of carbonyl (C=O) groups is 2. The minimum atomic E-state index is -1.67. The van der Waals surface area contributed by atoms with E-state index in [0.717, 1.165) is 0 Å². The second kappa shape index (κ2) is 4.58. The van der Waals surface area contributed by atoms with Gasteiger partial charge in [-0.15, -0.1) is 13.2 Å². The van der Waals surface area contributed by atoms with E-state index in [1.165, 1.54) is 13.2 Å². The van der Waals surface area contributed by atoms with Crippen LogP contribution in [-0.2, 0) is 23.8 Å². The van der Waals surface area contributed by atoms with Crippen LogP contribution in [0.25, 0.3) is 0 Å². The van der Waals surface area contributed by atoms with E-state index >= 15 is 0 Å². The number of hydrogen-bond donors (Lipinski definition) is 0. The molecule has 0 spiro atoms. The van der Waals surface area contributed by atoms with Crippen LogP contribution in [0, 0.1) is 5.92 Å². The van der Waals surface area contributed by atoms with Crippen LogP contribution >= 0.6 is 0 Å². The molecule has 0 amide bonds. The second-order valence-corrected chi connectivity index (χ2v) is 4.97. The van der Waals surface area contributed by atoms with Gasteiger partial charge in [0.05, 0.1) is 19.1 Å². The van der Waals surface area contributed by atoms with Crippen LogP contribution in [0.3, 0.4) is 0 Å². The minimum Gasteiger partial charge on any atom is -0.467 e. The van der Waals surface area contributed by atoms with E-state index in [0.29, 0.717) is 6.42 Å². The topological polar surface area (TPSA) is 61.8 Å². The third-order valence-corrected chi connectivity index (χ3v) is 3.78. The highest BCUT2D eigenvalue weighted by Gasteiger charge is 2.65. The van der Waals surface area contributed by atoms with E-state index in [9.17, 15) is 9.59 Å². The molecule has 2 fully saturated rings. The van der Waals surface area contributed by atoms with Gasteiger partial charge in [0.15, 0.2) is 11.6 Å². The standard InChI is InChI=1S/C14H18O5/c1-5-9-10(6-2)18-13(3)8-7-11(15)14(9,19-13)12(16)17-4/h5-6,9-10H,1-2,7-8H2,3-4H3/t9-,10-,13+,14+/m0/s1. The van der Waals surface area contributed by atoms with Gasteiger partial charge in [0.25, 0.3) is 0 Å². The first-order valence-corrected chi connectivity index (χ1v) is 6.18. The Labute approximate surface area is 112 Å². The van der Waals surface area contributed by atoms with Gasteiger partial charge in [-0.1, -0.05) is 12.2 Å². The highest BCUT2D eigenvalue weighted by Crippen LogP contribution is 2.47. The molecule has 2 heterocycles. The number of Topliss-reactive ketones (excluding diaryl/α,β-unsaturated/α-hetero) is 1. The smallest absolute Gasteiger partial charge is 0.346 e. The first kappa shape index (κ1) is 14.0. The quantitative estimate of drug-likeness (QED) is 0.439. The zero-order valence-electron chi connectivity index (χ0n) is 11.2. The lowest BCUT2D eigenvalue weighted by Crippen LogP contribution is -2.69. The normalized spacial score (nSPS) is 41.5. The fourth-order valence-corrected chi connectivity index (χ4v) is 2.84. The number of ketones is 1. The summed E-state index contributed by atoms with van der Waals surface area (Å²) in [6.45, 7) is 9.09. The van der Waals surface area contributed by atoms with Gasteiger partial charge in [-0.25, -0.2) is 4.79 Å². The molecule has 0 aliphatic carbocycles. The Balaban J connectivity index is 2.57. The monoisotopic (exact) mass is 266 g/mol. The van der Waals surface area contributed by atoms with E-state index < -0.39 is 29.4 Å². The van der Waals surface area contributed by atoms with Gasteiger partial charge in [-0.3, -0.25) is 4.79 Å². The van der Waals surface area contributed by atoms with Gasteiger partial charge in [-0.05, 0) is 6.92 Å².